The van der Waals surface area contributed by atoms with Crippen LogP contribution in [0.1, 0.15) is 29.8 Å². The molecule has 0 spiro atoms. The molecule has 0 saturated carbocycles. The molecule has 3 rings (SSSR count). The number of hydrogen-bond acceptors (Lipinski definition) is 3. The number of nitrogens with one attached hydrogen (secondary N) is 1. The van der Waals surface area contributed by atoms with Crippen molar-refractivity contribution in [2.45, 2.75) is 25.3 Å². The minimum atomic E-state index is 0.626. The van der Waals surface area contributed by atoms with E-state index < -0.39 is 0 Å². The second-order valence-electron chi connectivity index (χ2n) is 4.80. The van der Waals surface area contributed by atoms with Gasteiger partial charge in [0.2, 0.25) is 0 Å². The van der Waals surface area contributed by atoms with Crippen molar-refractivity contribution in [3.63, 3.8) is 0 Å². The SMILES string of the molecule is CN1CC2CCCCN2c2cc(C=O)[nH]c21. The highest BCUT2D eigenvalue weighted by molar-refractivity contribution is 5.82. The molecule has 0 aromatic carbocycles. The summed E-state index contributed by atoms with van der Waals surface area (Å²) >= 11 is 0. The van der Waals surface area contributed by atoms with Crippen LogP contribution in [-0.2, 0) is 0 Å². The highest BCUT2D eigenvalue weighted by Gasteiger charge is 2.32. The Balaban J connectivity index is 2.03. The summed E-state index contributed by atoms with van der Waals surface area (Å²) in [6, 6.07) is 2.61. The number of H-pyrrole nitrogens is 1. The lowest BCUT2D eigenvalue weighted by molar-refractivity contribution is 0.111. The lowest BCUT2D eigenvalue weighted by atomic mass is 9.99. The molecule has 4 nitrogen and oxygen atoms in total. The Kier molecular flexibility index (Phi) is 2.16. The predicted octanol–water partition coefficient (Wildman–Crippen LogP) is 1.64. The molecule has 1 aromatic rings. The normalized spacial score (nSPS) is 23.9. The number of fused-ring (bicyclic) bond motifs is 3. The molecule has 1 aromatic heterocycles. The second-order valence-corrected chi connectivity index (χ2v) is 4.80. The van der Waals surface area contributed by atoms with E-state index in [0.717, 1.165) is 25.2 Å². The van der Waals surface area contributed by atoms with Gasteiger partial charge < -0.3 is 14.8 Å². The molecule has 0 bridgehead atoms. The highest BCUT2D eigenvalue weighted by Crippen LogP contribution is 2.37. The maximum absolute atomic E-state index is 10.8. The lowest BCUT2D eigenvalue weighted by Gasteiger charge is -2.44. The van der Waals surface area contributed by atoms with Gasteiger partial charge >= 0.3 is 0 Å². The van der Waals surface area contributed by atoms with Gasteiger partial charge in [-0.25, -0.2) is 0 Å². The number of piperidine rings is 1. The van der Waals surface area contributed by atoms with Gasteiger partial charge in [-0.15, -0.1) is 0 Å². The minimum absolute atomic E-state index is 0.626. The summed E-state index contributed by atoms with van der Waals surface area (Å²) in [5.74, 6) is 1.10. The van der Waals surface area contributed by atoms with Gasteiger partial charge in [0.05, 0.1) is 11.4 Å². The fourth-order valence-corrected chi connectivity index (χ4v) is 2.94. The Hall–Kier alpha value is -1.45. The number of carbonyl (C=O) groups excluding carboxylic acids is 1. The van der Waals surface area contributed by atoms with E-state index in [9.17, 15) is 4.79 Å². The Bertz CT molecular complexity index is 412. The van der Waals surface area contributed by atoms with E-state index in [1.54, 1.807) is 0 Å². The van der Waals surface area contributed by atoms with Gasteiger partial charge in [-0.3, -0.25) is 4.79 Å². The Labute approximate surface area is 95.2 Å². The van der Waals surface area contributed by atoms with Crippen molar-refractivity contribution in [2.24, 2.45) is 0 Å². The van der Waals surface area contributed by atoms with E-state index in [0.29, 0.717) is 11.7 Å². The third kappa shape index (κ3) is 1.32. The van der Waals surface area contributed by atoms with Gasteiger partial charge in [-0.1, -0.05) is 0 Å². The summed E-state index contributed by atoms with van der Waals surface area (Å²) in [6.45, 7) is 2.19. The zero-order valence-corrected chi connectivity index (χ0v) is 9.57. The maximum atomic E-state index is 10.8. The number of hydrogen-bond donors (Lipinski definition) is 1. The van der Waals surface area contributed by atoms with Crippen molar-refractivity contribution in [3.8, 4) is 0 Å². The number of aldehydes is 1. The van der Waals surface area contributed by atoms with E-state index in [2.05, 4.69) is 21.8 Å². The summed E-state index contributed by atoms with van der Waals surface area (Å²) < 4.78 is 0. The standard InChI is InChI=1S/C12H17N3O/c1-14-7-10-4-2-3-5-15(10)11-6-9(8-16)13-12(11)14/h6,8,10,13H,2-5,7H2,1H3. The minimum Gasteiger partial charge on any atom is -0.364 e. The summed E-state index contributed by atoms with van der Waals surface area (Å²) in [5.41, 5.74) is 1.89. The molecule has 1 atom stereocenters. The van der Waals surface area contributed by atoms with Gasteiger partial charge in [-0.2, -0.15) is 0 Å². The van der Waals surface area contributed by atoms with Crippen LogP contribution in [0.4, 0.5) is 11.5 Å². The maximum Gasteiger partial charge on any atom is 0.166 e. The Morgan fingerprint density at radius 3 is 3.19 bits per heavy atom. The first-order valence-corrected chi connectivity index (χ1v) is 5.95. The second kappa shape index (κ2) is 3.54. The Morgan fingerprint density at radius 1 is 1.50 bits per heavy atom. The first-order chi connectivity index (χ1) is 7.79. The highest BCUT2D eigenvalue weighted by atomic mass is 16.1. The summed E-state index contributed by atoms with van der Waals surface area (Å²) in [4.78, 5) is 18.7. The van der Waals surface area contributed by atoms with Crippen LogP contribution in [-0.4, -0.2) is 37.4 Å². The van der Waals surface area contributed by atoms with Crippen molar-refractivity contribution < 1.29 is 4.79 Å². The molecule has 16 heavy (non-hydrogen) atoms. The number of nitrogens with zero attached hydrogens (tertiary/aromatic N) is 2. The van der Waals surface area contributed by atoms with Crippen molar-refractivity contribution in [1.29, 1.82) is 0 Å². The number of anilines is 2. The van der Waals surface area contributed by atoms with E-state index in [4.69, 9.17) is 0 Å². The van der Waals surface area contributed by atoms with E-state index in [-0.39, 0.29) is 0 Å². The van der Waals surface area contributed by atoms with Gasteiger partial charge in [-0.05, 0) is 25.3 Å². The van der Waals surface area contributed by atoms with Crippen LogP contribution < -0.4 is 9.80 Å². The lowest BCUT2D eigenvalue weighted by Crippen LogP contribution is -2.50. The van der Waals surface area contributed by atoms with Crippen molar-refractivity contribution in [2.75, 3.05) is 29.9 Å². The topological polar surface area (TPSA) is 39.3 Å². The third-order valence-electron chi connectivity index (χ3n) is 3.73. The molecule has 3 heterocycles. The number of aromatic nitrogens is 1. The molecule has 0 aliphatic carbocycles. The fourth-order valence-electron chi connectivity index (χ4n) is 2.94. The zero-order valence-electron chi connectivity index (χ0n) is 9.57. The Morgan fingerprint density at radius 2 is 2.38 bits per heavy atom. The van der Waals surface area contributed by atoms with Crippen LogP contribution in [0.5, 0.6) is 0 Å². The molecule has 0 radical (unpaired) electrons. The van der Waals surface area contributed by atoms with Crippen LogP contribution in [0, 0.1) is 0 Å². The molecule has 1 N–H and O–H groups in total. The molecule has 4 heteroatoms. The van der Waals surface area contributed by atoms with Crippen molar-refractivity contribution in [1.82, 2.24) is 4.98 Å². The smallest absolute Gasteiger partial charge is 0.166 e. The molecular weight excluding hydrogens is 202 g/mol. The van der Waals surface area contributed by atoms with Gasteiger partial charge in [0.1, 0.15) is 5.82 Å². The zero-order chi connectivity index (χ0) is 11.1. The van der Waals surface area contributed by atoms with Gasteiger partial charge in [0.15, 0.2) is 6.29 Å². The monoisotopic (exact) mass is 219 g/mol. The number of aromatic amines is 1. The van der Waals surface area contributed by atoms with Crippen LogP contribution >= 0.6 is 0 Å². The molecule has 1 fully saturated rings. The number of carbonyl (C=O) groups is 1. The van der Waals surface area contributed by atoms with Crippen LogP contribution in [0.3, 0.4) is 0 Å². The van der Waals surface area contributed by atoms with Crippen molar-refractivity contribution in [3.05, 3.63) is 11.8 Å². The van der Waals surface area contributed by atoms with Crippen LogP contribution in [0.2, 0.25) is 0 Å². The molecular formula is C12H17N3O. The average Bonchev–Trinajstić information content (AvgIpc) is 2.74. The fraction of sp³-hybridized carbons (Fsp3) is 0.583. The van der Waals surface area contributed by atoms with E-state index in [1.165, 1.54) is 24.9 Å². The van der Waals surface area contributed by atoms with E-state index in [1.807, 2.05) is 6.07 Å². The van der Waals surface area contributed by atoms with Crippen LogP contribution in [0.15, 0.2) is 6.07 Å². The largest absolute Gasteiger partial charge is 0.364 e. The average molecular weight is 219 g/mol. The molecule has 86 valence electrons. The van der Waals surface area contributed by atoms with Gasteiger partial charge in [0.25, 0.3) is 0 Å². The third-order valence-corrected chi connectivity index (χ3v) is 3.73. The van der Waals surface area contributed by atoms with Crippen molar-refractivity contribution >= 4 is 17.8 Å². The van der Waals surface area contributed by atoms with Crippen LogP contribution in [0.25, 0.3) is 0 Å². The number of likely N-dealkylation sites (N-methyl/N-ethyl adjacent to an activating group) is 1. The van der Waals surface area contributed by atoms with E-state index >= 15 is 0 Å². The first-order valence-electron chi connectivity index (χ1n) is 5.95. The quantitative estimate of drug-likeness (QED) is 0.730. The number of rotatable bonds is 1. The molecule has 1 saturated heterocycles. The summed E-state index contributed by atoms with van der Waals surface area (Å²) in [6.07, 6.45) is 4.76. The molecule has 2 aliphatic heterocycles. The van der Waals surface area contributed by atoms with Gasteiger partial charge in [0, 0.05) is 26.2 Å². The summed E-state index contributed by atoms with van der Waals surface area (Å²) in [7, 11) is 2.09. The molecule has 0 amide bonds. The first kappa shape index (κ1) is 9.75. The predicted molar refractivity (Wildman–Crippen MR) is 64.4 cm³/mol. The molecule has 2 aliphatic rings. The summed E-state index contributed by atoms with van der Waals surface area (Å²) in [5, 5.41) is 0. The molecule has 1 unspecified atom stereocenters.